The molecule has 0 aliphatic rings. The van der Waals surface area contributed by atoms with E-state index in [4.69, 9.17) is 10.5 Å². The molecule has 0 aliphatic carbocycles. The van der Waals surface area contributed by atoms with Crippen molar-refractivity contribution in [3.05, 3.63) is 35.6 Å². The summed E-state index contributed by atoms with van der Waals surface area (Å²) in [5.74, 6) is -1.03. The zero-order valence-corrected chi connectivity index (χ0v) is 9.07. The quantitative estimate of drug-likeness (QED) is 0.769. The molecule has 1 rings (SSSR count). The summed E-state index contributed by atoms with van der Waals surface area (Å²) in [5.41, 5.74) is 5.45. The van der Waals surface area contributed by atoms with Crippen molar-refractivity contribution in [1.29, 1.82) is 0 Å². The highest BCUT2D eigenvalue weighted by molar-refractivity contribution is 5.94. The SMILES string of the molecule is COCC(CN)NC(=O)c1ccccc1F. The van der Waals surface area contributed by atoms with Crippen molar-refractivity contribution in [2.45, 2.75) is 6.04 Å². The van der Waals surface area contributed by atoms with Crippen molar-refractivity contribution in [2.75, 3.05) is 20.3 Å². The van der Waals surface area contributed by atoms with Gasteiger partial charge in [-0.3, -0.25) is 4.79 Å². The fraction of sp³-hybridized carbons (Fsp3) is 0.364. The predicted molar refractivity (Wildman–Crippen MR) is 58.6 cm³/mol. The van der Waals surface area contributed by atoms with Crippen molar-refractivity contribution in [1.82, 2.24) is 5.32 Å². The molecular formula is C11H15FN2O2. The Bertz CT molecular complexity index is 358. The first kappa shape index (κ1) is 12.6. The molecule has 4 nitrogen and oxygen atoms in total. The van der Waals surface area contributed by atoms with E-state index < -0.39 is 11.7 Å². The number of hydrogen-bond acceptors (Lipinski definition) is 3. The summed E-state index contributed by atoms with van der Waals surface area (Å²) in [6.45, 7) is 0.546. The van der Waals surface area contributed by atoms with Gasteiger partial charge in [0, 0.05) is 13.7 Å². The number of nitrogens with two attached hydrogens (primary N) is 1. The summed E-state index contributed by atoms with van der Waals surface area (Å²) < 4.78 is 18.1. The Kier molecular flexibility index (Phi) is 4.88. The maximum absolute atomic E-state index is 13.3. The molecule has 1 amide bonds. The maximum Gasteiger partial charge on any atom is 0.254 e. The van der Waals surface area contributed by atoms with Crippen LogP contribution in [0.1, 0.15) is 10.4 Å². The Hall–Kier alpha value is -1.46. The van der Waals surface area contributed by atoms with Crippen LogP contribution in [-0.4, -0.2) is 32.2 Å². The highest BCUT2D eigenvalue weighted by Gasteiger charge is 2.14. The number of ether oxygens (including phenoxy) is 1. The van der Waals surface area contributed by atoms with Crippen LogP contribution in [0.2, 0.25) is 0 Å². The Morgan fingerprint density at radius 1 is 1.56 bits per heavy atom. The lowest BCUT2D eigenvalue weighted by Crippen LogP contribution is -2.43. The molecule has 0 aliphatic heterocycles. The van der Waals surface area contributed by atoms with Crippen LogP contribution in [-0.2, 0) is 4.74 Å². The Balaban J connectivity index is 2.68. The molecule has 3 N–H and O–H groups in total. The van der Waals surface area contributed by atoms with Gasteiger partial charge in [0.1, 0.15) is 5.82 Å². The first-order valence-electron chi connectivity index (χ1n) is 4.93. The second kappa shape index (κ2) is 6.19. The number of nitrogens with one attached hydrogen (secondary N) is 1. The first-order valence-corrected chi connectivity index (χ1v) is 4.93. The number of carbonyl (C=O) groups is 1. The van der Waals surface area contributed by atoms with Gasteiger partial charge in [-0.1, -0.05) is 12.1 Å². The minimum atomic E-state index is -0.548. The Morgan fingerprint density at radius 3 is 2.81 bits per heavy atom. The molecule has 1 unspecified atom stereocenters. The minimum Gasteiger partial charge on any atom is -0.383 e. The summed E-state index contributed by atoms with van der Waals surface area (Å²) in [5, 5.41) is 2.60. The molecule has 5 heteroatoms. The van der Waals surface area contributed by atoms with Crippen molar-refractivity contribution < 1.29 is 13.9 Å². The maximum atomic E-state index is 13.3. The van der Waals surface area contributed by atoms with E-state index in [1.54, 1.807) is 6.07 Å². The fourth-order valence-corrected chi connectivity index (χ4v) is 1.28. The van der Waals surface area contributed by atoms with Crippen LogP contribution >= 0.6 is 0 Å². The van der Waals surface area contributed by atoms with Gasteiger partial charge in [-0.05, 0) is 12.1 Å². The smallest absolute Gasteiger partial charge is 0.254 e. The molecule has 0 saturated carbocycles. The van der Waals surface area contributed by atoms with Crippen LogP contribution in [0.4, 0.5) is 4.39 Å². The summed E-state index contributed by atoms with van der Waals surface area (Å²) >= 11 is 0. The van der Waals surface area contributed by atoms with E-state index in [-0.39, 0.29) is 18.2 Å². The highest BCUT2D eigenvalue weighted by atomic mass is 19.1. The molecule has 0 spiro atoms. The van der Waals surface area contributed by atoms with Gasteiger partial charge in [0.05, 0.1) is 18.2 Å². The third kappa shape index (κ3) is 3.29. The summed E-state index contributed by atoms with van der Waals surface area (Å²) in [6, 6.07) is 5.48. The molecule has 88 valence electrons. The molecule has 1 aromatic rings. The highest BCUT2D eigenvalue weighted by Crippen LogP contribution is 2.06. The zero-order chi connectivity index (χ0) is 12.0. The Labute approximate surface area is 93.6 Å². The number of methoxy groups -OCH3 is 1. The van der Waals surface area contributed by atoms with Crippen LogP contribution in [0.3, 0.4) is 0 Å². The molecular weight excluding hydrogens is 211 g/mol. The molecule has 0 heterocycles. The number of carbonyl (C=O) groups excluding carboxylic acids is 1. The van der Waals surface area contributed by atoms with Crippen LogP contribution in [0.5, 0.6) is 0 Å². The van der Waals surface area contributed by atoms with E-state index in [0.717, 1.165) is 0 Å². The third-order valence-electron chi connectivity index (χ3n) is 2.11. The van der Waals surface area contributed by atoms with Crippen LogP contribution in [0.15, 0.2) is 24.3 Å². The van der Waals surface area contributed by atoms with Gasteiger partial charge in [-0.2, -0.15) is 0 Å². The summed E-state index contributed by atoms with van der Waals surface area (Å²) in [4.78, 5) is 11.6. The molecule has 0 saturated heterocycles. The van der Waals surface area contributed by atoms with Crippen molar-refractivity contribution >= 4 is 5.91 Å². The molecule has 0 fully saturated rings. The fourth-order valence-electron chi connectivity index (χ4n) is 1.28. The zero-order valence-electron chi connectivity index (χ0n) is 9.07. The monoisotopic (exact) mass is 226 g/mol. The van der Waals surface area contributed by atoms with Gasteiger partial charge < -0.3 is 15.8 Å². The van der Waals surface area contributed by atoms with Crippen LogP contribution in [0.25, 0.3) is 0 Å². The topological polar surface area (TPSA) is 64.3 Å². The largest absolute Gasteiger partial charge is 0.383 e. The Morgan fingerprint density at radius 2 is 2.25 bits per heavy atom. The minimum absolute atomic E-state index is 0.0112. The average Bonchev–Trinajstić information content (AvgIpc) is 2.28. The first-order chi connectivity index (χ1) is 7.69. The van der Waals surface area contributed by atoms with Gasteiger partial charge >= 0.3 is 0 Å². The van der Waals surface area contributed by atoms with Gasteiger partial charge in [0.15, 0.2) is 0 Å². The number of amides is 1. The van der Waals surface area contributed by atoms with Gasteiger partial charge in [0.25, 0.3) is 5.91 Å². The third-order valence-corrected chi connectivity index (χ3v) is 2.11. The summed E-state index contributed by atoms with van der Waals surface area (Å²) in [6.07, 6.45) is 0. The lowest BCUT2D eigenvalue weighted by atomic mass is 10.2. The summed E-state index contributed by atoms with van der Waals surface area (Å²) in [7, 11) is 1.51. The molecule has 0 radical (unpaired) electrons. The van der Waals surface area contributed by atoms with Crippen LogP contribution in [0, 0.1) is 5.82 Å². The number of hydrogen-bond donors (Lipinski definition) is 2. The van der Waals surface area contributed by atoms with Gasteiger partial charge in [-0.15, -0.1) is 0 Å². The van der Waals surface area contributed by atoms with E-state index >= 15 is 0 Å². The second-order valence-corrected chi connectivity index (χ2v) is 3.34. The van der Waals surface area contributed by atoms with Crippen molar-refractivity contribution in [2.24, 2.45) is 5.73 Å². The van der Waals surface area contributed by atoms with Crippen molar-refractivity contribution in [3.63, 3.8) is 0 Å². The molecule has 1 atom stereocenters. The number of rotatable bonds is 5. The molecule has 1 aromatic carbocycles. The van der Waals surface area contributed by atoms with E-state index in [1.807, 2.05) is 0 Å². The van der Waals surface area contributed by atoms with E-state index in [0.29, 0.717) is 6.61 Å². The lowest BCUT2D eigenvalue weighted by Gasteiger charge is -2.15. The van der Waals surface area contributed by atoms with E-state index in [1.165, 1.54) is 25.3 Å². The number of halogens is 1. The van der Waals surface area contributed by atoms with Crippen LogP contribution < -0.4 is 11.1 Å². The lowest BCUT2D eigenvalue weighted by molar-refractivity contribution is 0.0896. The second-order valence-electron chi connectivity index (χ2n) is 3.34. The number of benzene rings is 1. The standard InChI is InChI=1S/C11H15FN2O2/c1-16-7-8(6-13)14-11(15)9-4-2-3-5-10(9)12/h2-5,8H,6-7,13H2,1H3,(H,14,15). The van der Waals surface area contributed by atoms with E-state index in [2.05, 4.69) is 5.32 Å². The van der Waals surface area contributed by atoms with Crippen molar-refractivity contribution in [3.8, 4) is 0 Å². The molecule has 0 aromatic heterocycles. The van der Waals surface area contributed by atoms with Gasteiger partial charge in [0.2, 0.25) is 0 Å². The molecule has 0 bridgehead atoms. The van der Waals surface area contributed by atoms with E-state index in [9.17, 15) is 9.18 Å². The normalized spacial score (nSPS) is 12.2. The predicted octanol–water partition coefficient (Wildman–Crippen LogP) is 0.529. The van der Waals surface area contributed by atoms with Gasteiger partial charge in [-0.25, -0.2) is 4.39 Å². The molecule has 16 heavy (non-hydrogen) atoms. The average molecular weight is 226 g/mol.